The zero-order valence-corrected chi connectivity index (χ0v) is 10.6. The van der Waals surface area contributed by atoms with Gasteiger partial charge in [0.1, 0.15) is 0 Å². The predicted molar refractivity (Wildman–Crippen MR) is 69.2 cm³/mol. The summed E-state index contributed by atoms with van der Waals surface area (Å²) in [6.07, 6.45) is 4.11. The molecule has 1 N–H and O–H groups in total. The van der Waals surface area contributed by atoms with Gasteiger partial charge in [0.05, 0.1) is 5.69 Å². The molecule has 1 aliphatic rings. The van der Waals surface area contributed by atoms with E-state index in [1.54, 1.807) is 0 Å². The van der Waals surface area contributed by atoms with Gasteiger partial charge >= 0.3 is 0 Å². The van der Waals surface area contributed by atoms with E-state index >= 15 is 0 Å². The van der Waals surface area contributed by atoms with Crippen molar-refractivity contribution in [3.8, 4) is 0 Å². The van der Waals surface area contributed by atoms with Crippen LogP contribution in [0.5, 0.6) is 0 Å². The van der Waals surface area contributed by atoms with Gasteiger partial charge in [0.25, 0.3) is 0 Å². The van der Waals surface area contributed by atoms with E-state index in [0.29, 0.717) is 6.04 Å². The van der Waals surface area contributed by atoms with Gasteiger partial charge < -0.3 is 15.0 Å². The standard InChI is InChI=1S/C13H21N3O/c1-14-10-11-9-13(3-6-15-11)16(2)12-4-7-17-8-5-12/h3,6,9,12,14H,4-5,7-8,10H2,1-2H3. The molecule has 0 bridgehead atoms. The van der Waals surface area contributed by atoms with Crippen LogP contribution >= 0.6 is 0 Å². The normalized spacial score (nSPS) is 17.1. The van der Waals surface area contributed by atoms with E-state index in [1.807, 2.05) is 13.2 Å². The van der Waals surface area contributed by atoms with Crippen LogP contribution in [-0.2, 0) is 11.3 Å². The van der Waals surface area contributed by atoms with Gasteiger partial charge in [-0.25, -0.2) is 0 Å². The third-order valence-electron chi connectivity index (χ3n) is 3.30. The molecule has 0 radical (unpaired) electrons. The van der Waals surface area contributed by atoms with Gasteiger partial charge in [-0.3, -0.25) is 4.98 Å². The highest BCUT2D eigenvalue weighted by Gasteiger charge is 2.18. The van der Waals surface area contributed by atoms with Crippen molar-refractivity contribution in [1.29, 1.82) is 0 Å². The van der Waals surface area contributed by atoms with Crippen LogP contribution in [0.1, 0.15) is 18.5 Å². The van der Waals surface area contributed by atoms with Crippen LogP contribution in [-0.4, -0.2) is 38.3 Å². The van der Waals surface area contributed by atoms with E-state index in [4.69, 9.17) is 4.74 Å². The number of nitrogens with zero attached hydrogens (tertiary/aromatic N) is 2. The van der Waals surface area contributed by atoms with Crippen LogP contribution in [0.2, 0.25) is 0 Å². The highest BCUT2D eigenvalue weighted by molar-refractivity contribution is 5.46. The molecule has 1 fully saturated rings. The Labute approximate surface area is 103 Å². The number of nitrogens with one attached hydrogen (secondary N) is 1. The molecular formula is C13H21N3O. The monoisotopic (exact) mass is 235 g/mol. The molecule has 4 nitrogen and oxygen atoms in total. The quantitative estimate of drug-likeness (QED) is 0.856. The summed E-state index contributed by atoms with van der Waals surface area (Å²) in [5.74, 6) is 0. The molecule has 2 heterocycles. The smallest absolute Gasteiger partial charge is 0.0562 e. The Morgan fingerprint density at radius 2 is 2.24 bits per heavy atom. The fourth-order valence-electron chi connectivity index (χ4n) is 2.25. The number of rotatable bonds is 4. The molecule has 0 unspecified atom stereocenters. The molecule has 1 aromatic rings. The molecule has 94 valence electrons. The molecule has 0 aliphatic carbocycles. The second-order valence-corrected chi connectivity index (χ2v) is 4.49. The first-order valence-corrected chi connectivity index (χ1v) is 6.21. The van der Waals surface area contributed by atoms with Crippen molar-refractivity contribution in [1.82, 2.24) is 10.3 Å². The minimum absolute atomic E-state index is 0.591. The molecule has 17 heavy (non-hydrogen) atoms. The van der Waals surface area contributed by atoms with E-state index in [9.17, 15) is 0 Å². The molecule has 1 saturated heterocycles. The number of aromatic nitrogens is 1. The summed E-state index contributed by atoms with van der Waals surface area (Å²) in [6, 6.07) is 4.83. The van der Waals surface area contributed by atoms with Crippen molar-refractivity contribution in [3.63, 3.8) is 0 Å². The van der Waals surface area contributed by atoms with Gasteiger partial charge in [-0.15, -0.1) is 0 Å². The van der Waals surface area contributed by atoms with Crippen molar-refractivity contribution in [2.45, 2.75) is 25.4 Å². The summed E-state index contributed by atoms with van der Waals surface area (Å²) < 4.78 is 5.40. The molecule has 1 aliphatic heterocycles. The molecule has 1 aromatic heterocycles. The number of anilines is 1. The third kappa shape index (κ3) is 3.17. The third-order valence-corrected chi connectivity index (χ3v) is 3.30. The second kappa shape index (κ2) is 5.98. The lowest BCUT2D eigenvalue weighted by Crippen LogP contribution is -2.36. The Morgan fingerprint density at radius 1 is 1.47 bits per heavy atom. The maximum Gasteiger partial charge on any atom is 0.0562 e. The lowest BCUT2D eigenvalue weighted by Gasteiger charge is -2.33. The highest BCUT2D eigenvalue weighted by Crippen LogP contribution is 2.21. The fraction of sp³-hybridized carbons (Fsp3) is 0.615. The number of pyridine rings is 1. The van der Waals surface area contributed by atoms with E-state index in [1.165, 1.54) is 5.69 Å². The Morgan fingerprint density at radius 3 is 2.94 bits per heavy atom. The first-order chi connectivity index (χ1) is 8.31. The van der Waals surface area contributed by atoms with Crippen molar-refractivity contribution in [2.75, 3.05) is 32.2 Å². The van der Waals surface area contributed by atoms with Crippen molar-refractivity contribution in [3.05, 3.63) is 24.0 Å². The zero-order chi connectivity index (χ0) is 12.1. The first kappa shape index (κ1) is 12.3. The molecule has 0 aromatic carbocycles. The lowest BCUT2D eigenvalue weighted by atomic mass is 10.1. The minimum Gasteiger partial charge on any atom is -0.381 e. The summed E-state index contributed by atoms with van der Waals surface area (Å²) >= 11 is 0. The van der Waals surface area contributed by atoms with Gasteiger partial charge in [-0.05, 0) is 32.0 Å². The molecule has 0 atom stereocenters. The summed E-state index contributed by atoms with van der Waals surface area (Å²) in [7, 11) is 4.10. The molecule has 0 amide bonds. The van der Waals surface area contributed by atoms with Gasteiger partial charge in [0, 0.05) is 44.7 Å². The highest BCUT2D eigenvalue weighted by atomic mass is 16.5. The van der Waals surface area contributed by atoms with Crippen LogP contribution in [0.25, 0.3) is 0 Å². The summed E-state index contributed by atoms with van der Waals surface area (Å²) in [5, 5.41) is 3.13. The predicted octanol–water partition coefficient (Wildman–Crippen LogP) is 1.42. The van der Waals surface area contributed by atoms with E-state index in [-0.39, 0.29) is 0 Å². The summed E-state index contributed by atoms with van der Waals surface area (Å²) in [6.45, 7) is 2.57. The SMILES string of the molecule is CNCc1cc(N(C)C2CCOCC2)ccn1. The molecule has 4 heteroatoms. The van der Waals surface area contributed by atoms with Gasteiger partial charge in [0.15, 0.2) is 0 Å². The van der Waals surface area contributed by atoms with E-state index in [0.717, 1.165) is 38.3 Å². The zero-order valence-electron chi connectivity index (χ0n) is 10.6. The molecule has 2 rings (SSSR count). The van der Waals surface area contributed by atoms with Crippen molar-refractivity contribution in [2.24, 2.45) is 0 Å². The lowest BCUT2D eigenvalue weighted by molar-refractivity contribution is 0.0855. The Balaban J connectivity index is 2.06. The van der Waals surface area contributed by atoms with Crippen LogP contribution in [0.4, 0.5) is 5.69 Å². The number of hydrogen-bond donors (Lipinski definition) is 1. The van der Waals surface area contributed by atoms with Gasteiger partial charge in [-0.2, -0.15) is 0 Å². The maximum atomic E-state index is 5.40. The van der Waals surface area contributed by atoms with Gasteiger partial charge in [-0.1, -0.05) is 0 Å². The van der Waals surface area contributed by atoms with Crippen LogP contribution in [0, 0.1) is 0 Å². The second-order valence-electron chi connectivity index (χ2n) is 4.49. The van der Waals surface area contributed by atoms with E-state index < -0.39 is 0 Å². The molecule has 0 saturated carbocycles. The Bertz CT molecular complexity index is 350. The first-order valence-electron chi connectivity index (χ1n) is 6.21. The van der Waals surface area contributed by atoms with E-state index in [2.05, 4.69) is 34.4 Å². The maximum absolute atomic E-state index is 5.40. The Hall–Kier alpha value is -1.13. The molecular weight excluding hydrogens is 214 g/mol. The van der Waals surface area contributed by atoms with Crippen molar-refractivity contribution < 1.29 is 4.74 Å². The summed E-state index contributed by atoms with van der Waals surface area (Å²) in [4.78, 5) is 6.69. The number of ether oxygens (including phenoxy) is 1. The average molecular weight is 235 g/mol. The summed E-state index contributed by atoms with van der Waals surface area (Å²) in [5.41, 5.74) is 2.33. The largest absolute Gasteiger partial charge is 0.381 e. The van der Waals surface area contributed by atoms with Crippen LogP contribution in [0.15, 0.2) is 18.3 Å². The minimum atomic E-state index is 0.591. The topological polar surface area (TPSA) is 37.4 Å². The Kier molecular flexibility index (Phi) is 4.34. The number of hydrogen-bond acceptors (Lipinski definition) is 4. The fourth-order valence-corrected chi connectivity index (χ4v) is 2.25. The molecule has 0 spiro atoms. The van der Waals surface area contributed by atoms with Crippen LogP contribution < -0.4 is 10.2 Å². The average Bonchev–Trinajstić information content (AvgIpc) is 2.40. The van der Waals surface area contributed by atoms with Crippen LogP contribution in [0.3, 0.4) is 0 Å². The van der Waals surface area contributed by atoms with Gasteiger partial charge in [0.2, 0.25) is 0 Å². The van der Waals surface area contributed by atoms with Crippen molar-refractivity contribution >= 4 is 5.69 Å².